The Labute approximate surface area is 75.5 Å². The van der Waals surface area contributed by atoms with Gasteiger partial charge in [-0.15, -0.1) is 10.2 Å². The highest BCUT2D eigenvalue weighted by Crippen LogP contribution is 1.81. The first-order valence-electron chi connectivity index (χ1n) is 3.86. The third kappa shape index (κ3) is 3.16. The van der Waals surface area contributed by atoms with Crippen LogP contribution >= 0.6 is 0 Å². The monoisotopic (exact) mass is 184 g/mol. The number of amides is 1. The largest absolute Gasteiger partial charge is 0.348 e. The number of aromatic nitrogens is 4. The summed E-state index contributed by atoms with van der Waals surface area (Å²) in [5.74, 6) is -0.241. The topological polar surface area (TPSA) is 86.8 Å². The number of hydrogen-bond donors (Lipinski definition) is 2. The molecule has 1 aromatic rings. The molecule has 0 saturated carbocycles. The average Bonchev–Trinajstić information content (AvgIpc) is 2.55. The standard InChI is InChI=1S/C6H12N6O/c1-12(2)4-3-7-6(13)5-8-10-11-9-5/h3-4H2,1-2H3,(H,7,13)(H,8,9,10,11). The summed E-state index contributed by atoms with van der Waals surface area (Å²) in [4.78, 5) is 13.1. The van der Waals surface area contributed by atoms with E-state index in [9.17, 15) is 4.79 Å². The van der Waals surface area contributed by atoms with Crippen molar-refractivity contribution < 1.29 is 4.79 Å². The van der Waals surface area contributed by atoms with Crippen LogP contribution in [0.1, 0.15) is 10.6 Å². The van der Waals surface area contributed by atoms with Crippen LogP contribution in [0.2, 0.25) is 0 Å². The van der Waals surface area contributed by atoms with Gasteiger partial charge in [-0.1, -0.05) is 0 Å². The fraction of sp³-hybridized carbons (Fsp3) is 0.667. The second-order valence-corrected chi connectivity index (χ2v) is 2.79. The Balaban J connectivity index is 2.27. The molecule has 1 aromatic heterocycles. The zero-order valence-electron chi connectivity index (χ0n) is 7.61. The van der Waals surface area contributed by atoms with Crippen LogP contribution in [-0.2, 0) is 0 Å². The first kappa shape index (κ1) is 9.59. The maximum absolute atomic E-state index is 11.2. The molecule has 7 nitrogen and oxygen atoms in total. The number of likely N-dealkylation sites (N-methyl/N-ethyl adjacent to an activating group) is 1. The SMILES string of the molecule is CN(C)CCNC(=O)c1nn[nH]n1. The second-order valence-electron chi connectivity index (χ2n) is 2.79. The summed E-state index contributed by atoms with van der Waals surface area (Å²) >= 11 is 0. The van der Waals surface area contributed by atoms with Crippen molar-refractivity contribution in [3.05, 3.63) is 5.82 Å². The van der Waals surface area contributed by atoms with Gasteiger partial charge in [0.1, 0.15) is 0 Å². The molecule has 0 aliphatic heterocycles. The number of rotatable bonds is 4. The van der Waals surface area contributed by atoms with Crippen molar-refractivity contribution in [2.45, 2.75) is 0 Å². The Morgan fingerprint density at radius 2 is 2.38 bits per heavy atom. The lowest BCUT2D eigenvalue weighted by molar-refractivity contribution is 0.0940. The van der Waals surface area contributed by atoms with Crippen LogP contribution in [0.15, 0.2) is 0 Å². The number of H-pyrrole nitrogens is 1. The fourth-order valence-electron chi connectivity index (χ4n) is 0.730. The molecule has 72 valence electrons. The lowest BCUT2D eigenvalue weighted by atomic mass is 10.5. The van der Waals surface area contributed by atoms with Gasteiger partial charge in [0.05, 0.1) is 0 Å². The maximum atomic E-state index is 11.2. The Morgan fingerprint density at radius 3 is 2.92 bits per heavy atom. The highest BCUT2D eigenvalue weighted by atomic mass is 16.2. The normalized spacial score (nSPS) is 10.4. The van der Waals surface area contributed by atoms with E-state index >= 15 is 0 Å². The molecule has 0 aliphatic rings. The van der Waals surface area contributed by atoms with Crippen LogP contribution in [0.4, 0.5) is 0 Å². The first-order chi connectivity index (χ1) is 6.20. The van der Waals surface area contributed by atoms with E-state index in [-0.39, 0.29) is 11.7 Å². The van der Waals surface area contributed by atoms with Crippen LogP contribution in [-0.4, -0.2) is 58.6 Å². The van der Waals surface area contributed by atoms with Crippen molar-refractivity contribution in [3.8, 4) is 0 Å². The van der Waals surface area contributed by atoms with Crippen molar-refractivity contribution in [1.29, 1.82) is 0 Å². The number of aromatic amines is 1. The molecule has 0 aromatic carbocycles. The Morgan fingerprint density at radius 1 is 1.62 bits per heavy atom. The van der Waals surface area contributed by atoms with Gasteiger partial charge in [-0.25, -0.2) is 0 Å². The molecule has 0 spiro atoms. The van der Waals surface area contributed by atoms with E-state index in [2.05, 4.69) is 25.9 Å². The lowest BCUT2D eigenvalue weighted by Crippen LogP contribution is -2.31. The quantitative estimate of drug-likeness (QED) is 0.594. The number of nitrogens with one attached hydrogen (secondary N) is 2. The van der Waals surface area contributed by atoms with E-state index in [0.29, 0.717) is 6.54 Å². The molecule has 1 rings (SSSR count). The van der Waals surface area contributed by atoms with Gasteiger partial charge in [0, 0.05) is 13.1 Å². The summed E-state index contributed by atoms with van der Waals surface area (Å²) in [6, 6.07) is 0. The second kappa shape index (κ2) is 4.51. The highest BCUT2D eigenvalue weighted by Gasteiger charge is 2.08. The summed E-state index contributed by atoms with van der Waals surface area (Å²) < 4.78 is 0. The van der Waals surface area contributed by atoms with Gasteiger partial charge in [-0.3, -0.25) is 4.79 Å². The van der Waals surface area contributed by atoms with E-state index in [4.69, 9.17) is 0 Å². The molecule has 0 atom stereocenters. The van der Waals surface area contributed by atoms with Gasteiger partial charge in [-0.05, 0) is 19.3 Å². The van der Waals surface area contributed by atoms with E-state index in [0.717, 1.165) is 6.54 Å². The number of nitrogens with zero attached hydrogens (tertiary/aromatic N) is 4. The molecular formula is C6H12N6O. The smallest absolute Gasteiger partial charge is 0.292 e. The van der Waals surface area contributed by atoms with Gasteiger partial charge in [0.15, 0.2) is 0 Å². The van der Waals surface area contributed by atoms with Crippen molar-refractivity contribution in [1.82, 2.24) is 30.8 Å². The third-order valence-corrected chi connectivity index (χ3v) is 1.39. The van der Waals surface area contributed by atoms with Crippen molar-refractivity contribution in [2.75, 3.05) is 27.2 Å². The summed E-state index contributed by atoms with van der Waals surface area (Å²) in [7, 11) is 3.86. The van der Waals surface area contributed by atoms with Gasteiger partial charge < -0.3 is 10.2 Å². The first-order valence-corrected chi connectivity index (χ1v) is 3.86. The zero-order chi connectivity index (χ0) is 9.68. The minimum Gasteiger partial charge on any atom is -0.348 e. The zero-order valence-corrected chi connectivity index (χ0v) is 7.61. The minimum atomic E-state index is -0.310. The van der Waals surface area contributed by atoms with Crippen LogP contribution in [0.3, 0.4) is 0 Å². The van der Waals surface area contributed by atoms with Crippen LogP contribution < -0.4 is 5.32 Å². The van der Waals surface area contributed by atoms with Gasteiger partial charge in [-0.2, -0.15) is 5.21 Å². The molecule has 0 unspecified atom stereocenters. The van der Waals surface area contributed by atoms with Crippen LogP contribution in [0.5, 0.6) is 0 Å². The predicted molar refractivity (Wildman–Crippen MR) is 45.1 cm³/mol. The molecule has 1 amide bonds. The number of carbonyl (C=O) groups excluding carboxylic acids is 1. The Bertz CT molecular complexity index is 256. The minimum absolute atomic E-state index is 0.0683. The van der Waals surface area contributed by atoms with Crippen LogP contribution in [0, 0.1) is 0 Å². The fourth-order valence-corrected chi connectivity index (χ4v) is 0.730. The molecule has 1 heterocycles. The van der Waals surface area contributed by atoms with E-state index in [1.54, 1.807) is 0 Å². The predicted octanol–water partition coefficient (Wildman–Crippen LogP) is -1.51. The summed E-state index contributed by atoms with van der Waals surface area (Å²) in [5, 5.41) is 15.2. The average molecular weight is 184 g/mol. The molecule has 0 aliphatic carbocycles. The molecule has 13 heavy (non-hydrogen) atoms. The molecular weight excluding hydrogens is 172 g/mol. The van der Waals surface area contributed by atoms with Crippen molar-refractivity contribution in [3.63, 3.8) is 0 Å². The summed E-state index contributed by atoms with van der Waals surface area (Å²) in [6.07, 6.45) is 0. The summed E-state index contributed by atoms with van der Waals surface area (Å²) in [6.45, 7) is 1.35. The molecule has 0 bridgehead atoms. The lowest BCUT2D eigenvalue weighted by Gasteiger charge is -2.08. The van der Waals surface area contributed by atoms with Crippen molar-refractivity contribution >= 4 is 5.91 Å². The molecule has 7 heteroatoms. The van der Waals surface area contributed by atoms with E-state index in [1.165, 1.54) is 0 Å². The van der Waals surface area contributed by atoms with Gasteiger partial charge in [0.2, 0.25) is 0 Å². The van der Waals surface area contributed by atoms with E-state index < -0.39 is 0 Å². The molecule has 0 radical (unpaired) electrons. The maximum Gasteiger partial charge on any atom is 0.292 e. The molecule has 2 N–H and O–H groups in total. The highest BCUT2D eigenvalue weighted by molar-refractivity contribution is 5.89. The summed E-state index contributed by atoms with van der Waals surface area (Å²) in [5.41, 5.74) is 0. The number of carbonyl (C=O) groups is 1. The molecule has 0 fully saturated rings. The third-order valence-electron chi connectivity index (χ3n) is 1.39. The van der Waals surface area contributed by atoms with Crippen molar-refractivity contribution in [2.24, 2.45) is 0 Å². The van der Waals surface area contributed by atoms with Gasteiger partial charge >= 0.3 is 0 Å². The number of hydrogen-bond acceptors (Lipinski definition) is 5. The number of tetrazole rings is 1. The van der Waals surface area contributed by atoms with Gasteiger partial charge in [0.25, 0.3) is 11.7 Å². The van der Waals surface area contributed by atoms with E-state index in [1.807, 2.05) is 19.0 Å². The Hall–Kier alpha value is -1.50. The van der Waals surface area contributed by atoms with Crippen LogP contribution in [0.25, 0.3) is 0 Å². The Kier molecular flexibility index (Phi) is 3.32. The molecule has 0 saturated heterocycles.